The molecular formula is C16H22O2. The molecule has 0 fully saturated rings. The zero-order valence-electron chi connectivity index (χ0n) is 11.5. The van der Waals surface area contributed by atoms with Crippen LogP contribution in [-0.2, 0) is 6.42 Å². The molecule has 1 rings (SSSR count). The van der Waals surface area contributed by atoms with Gasteiger partial charge in [-0.25, -0.2) is 0 Å². The summed E-state index contributed by atoms with van der Waals surface area (Å²) in [6.45, 7) is 10.4. The minimum Gasteiger partial charge on any atom is -0.493 e. The van der Waals surface area contributed by atoms with Gasteiger partial charge in [0.2, 0.25) is 0 Å². The molecule has 0 N–H and O–H groups in total. The molecule has 2 nitrogen and oxygen atoms in total. The van der Waals surface area contributed by atoms with E-state index in [4.69, 9.17) is 4.74 Å². The number of benzene rings is 1. The van der Waals surface area contributed by atoms with Crippen LogP contribution in [0.15, 0.2) is 30.9 Å². The van der Waals surface area contributed by atoms with Gasteiger partial charge < -0.3 is 4.74 Å². The second kappa shape index (κ2) is 7.00. The van der Waals surface area contributed by atoms with E-state index in [0.29, 0.717) is 12.5 Å². The van der Waals surface area contributed by atoms with Crippen LogP contribution in [0.25, 0.3) is 0 Å². The average Bonchev–Trinajstić information content (AvgIpc) is 2.30. The van der Waals surface area contributed by atoms with Gasteiger partial charge >= 0.3 is 0 Å². The number of allylic oxidation sites excluding steroid dienone is 1. The minimum atomic E-state index is 0.0778. The Kier molecular flexibility index (Phi) is 5.63. The fourth-order valence-electron chi connectivity index (χ4n) is 1.66. The smallest absolute Gasteiger partial charge is 0.159 e. The normalized spacial score (nSPS) is 10.4. The second-order valence-corrected chi connectivity index (χ2v) is 4.90. The Morgan fingerprint density at radius 1 is 1.44 bits per heavy atom. The molecule has 0 saturated heterocycles. The Balaban J connectivity index is 2.82. The SMILES string of the molecule is C=CCc1cc(C(C)=O)ccc1OCCC(C)C. The van der Waals surface area contributed by atoms with Crippen LogP contribution in [0.3, 0.4) is 0 Å². The lowest BCUT2D eigenvalue weighted by atomic mass is 10.0. The molecule has 1 aromatic rings. The summed E-state index contributed by atoms with van der Waals surface area (Å²) < 4.78 is 5.78. The summed E-state index contributed by atoms with van der Waals surface area (Å²) in [6.07, 6.45) is 3.58. The molecular weight excluding hydrogens is 224 g/mol. The van der Waals surface area contributed by atoms with Gasteiger partial charge in [-0.2, -0.15) is 0 Å². The molecule has 0 unspecified atom stereocenters. The van der Waals surface area contributed by atoms with Crippen LogP contribution in [0.2, 0.25) is 0 Å². The molecule has 0 bridgehead atoms. The quantitative estimate of drug-likeness (QED) is 0.536. The molecule has 2 heteroatoms. The molecule has 0 aliphatic rings. The fraction of sp³-hybridized carbons (Fsp3) is 0.438. The topological polar surface area (TPSA) is 26.3 Å². The van der Waals surface area contributed by atoms with Gasteiger partial charge in [-0.3, -0.25) is 4.79 Å². The number of carbonyl (C=O) groups is 1. The molecule has 0 saturated carbocycles. The number of hydrogen-bond donors (Lipinski definition) is 0. The standard InChI is InChI=1S/C16H22O2/c1-5-6-15-11-14(13(4)17)7-8-16(15)18-10-9-12(2)3/h5,7-8,11-12H,1,6,9-10H2,2-4H3. The van der Waals surface area contributed by atoms with E-state index in [0.717, 1.165) is 29.7 Å². The maximum atomic E-state index is 11.3. The molecule has 0 amide bonds. The first-order valence-corrected chi connectivity index (χ1v) is 6.42. The minimum absolute atomic E-state index is 0.0778. The maximum absolute atomic E-state index is 11.3. The first-order valence-electron chi connectivity index (χ1n) is 6.42. The van der Waals surface area contributed by atoms with E-state index in [2.05, 4.69) is 20.4 Å². The third kappa shape index (κ3) is 4.36. The third-order valence-corrected chi connectivity index (χ3v) is 2.78. The zero-order valence-corrected chi connectivity index (χ0v) is 11.5. The van der Waals surface area contributed by atoms with Gasteiger partial charge in [0.15, 0.2) is 5.78 Å². The van der Waals surface area contributed by atoms with Crippen LogP contribution in [0.4, 0.5) is 0 Å². The van der Waals surface area contributed by atoms with Crippen molar-refractivity contribution in [2.75, 3.05) is 6.61 Å². The van der Waals surface area contributed by atoms with E-state index in [1.807, 2.05) is 24.3 Å². The van der Waals surface area contributed by atoms with Crippen LogP contribution in [-0.4, -0.2) is 12.4 Å². The van der Waals surface area contributed by atoms with Crippen molar-refractivity contribution in [1.29, 1.82) is 0 Å². The highest BCUT2D eigenvalue weighted by atomic mass is 16.5. The van der Waals surface area contributed by atoms with Gasteiger partial charge in [-0.1, -0.05) is 19.9 Å². The number of ether oxygens (including phenoxy) is 1. The highest BCUT2D eigenvalue weighted by molar-refractivity contribution is 5.94. The summed E-state index contributed by atoms with van der Waals surface area (Å²) in [7, 11) is 0. The molecule has 0 aliphatic heterocycles. The Morgan fingerprint density at radius 3 is 2.72 bits per heavy atom. The summed E-state index contributed by atoms with van der Waals surface area (Å²) in [4.78, 5) is 11.3. The zero-order chi connectivity index (χ0) is 13.5. The molecule has 0 atom stereocenters. The van der Waals surface area contributed by atoms with Gasteiger partial charge in [0.05, 0.1) is 6.61 Å². The molecule has 0 aliphatic carbocycles. The highest BCUT2D eigenvalue weighted by Gasteiger charge is 2.07. The fourth-order valence-corrected chi connectivity index (χ4v) is 1.66. The van der Waals surface area contributed by atoms with Crippen molar-refractivity contribution in [3.05, 3.63) is 42.0 Å². The highest BCUT2D eigenvalue weighted by Crippen LogP contribution is 2.22. The van der Waals surface area contributed by atoms with Crippen molar-refractivity contribution in [3.8, 4) is 5.75 Å². The Hall–Kier alpha value is -1.57. The monoisotopic (exact) mass is 246 g/mol. The van der Waals surface area contributed by atoms with Crippen LogP contribution >= 0.6 is 0 Å². The number of ketones is 1. The number of rotatable bonds is 7. The van der Waals surface area contributed by atoms with E-state index in [1.54, 1.807) is 6.92 Å². The van der Waals surface area contributed by atoms with E-state index < -0.39 is 0 Å². The lowest BCUT2D eigenvalue weighted by Gasteiger charge is -2.12. The van der Waals surface area contributed by atoms with Gasteiger partial charge in [0.25, 0.3) is 0 Å². The molecule has 18 heavy (non-hydrogen) atoms. The van der Waals surface area contributed by atoms with Crippen molar-refractivity contribution in [3.63, 3.8) is 0 Å². The molecule has 98 valence electrons. The van der Waals surface area contributed by atoms with Crippen LogP contribution in [0.5, 0.6) is 5.75 Å². The molecule has 0 spiro atoms. The first-order chi connectivity index (χ1) is 8.54. The third-order valence-electron chi connectivity index (χ3n) is 2.78. The molecule has 1 aromatic carbocycles. The Bertz CT molecular complexity index is 419. The average molecular weight is 246 g/mol. The van der Waals surface area contributed by atoms with Crippen molar-refractivity contribution >= 4 is 5.78 Å². The number of hydrogen-bond acceptors (Lipinski definition) is 2. The van der Waals surface area contributed by atoms with Crippen molar-refractivity contribution in [2.45, 2.75) is 33.6 Å². The molecule has 0 heterocycles. The summed E-state index contributed by atoms with van der Waals surface area (Å²) >= 11 is 0. The summed E-state index contributed by atoms with van der Waals surface area (Å²) in [5.41, 5.74) is 1.75. The predicted octanol–water partition coefficient (Wildman–Crippen LogP) is 4.04. The van der Waals surface area contributed by atoms with Crippen molar-refractivity contribution in [1.82, 2.24) is 0 Å². The molecule has 0 aromatic heterocycles. The Morgan fingerprint density at radius 2 is 2.17 bits per heavy atom. The number of carbonyl (C=O) groups excluding carboxylic acids is 1. The van der Waals surface area contributed by atoms with Crippen molar-refractivity contribution < 1.29 is 9.53 Å². The van der Waals surface area contributed by atoms with E-state index in [9.17, 15) is 4.79 Å². The largest absolute Gasteiger partial charge is 0.493 e. The van der Waals surface area contributed by atoms with Gasteiger partial charge in [-0.15, -0.1) is 6.58 Å². The molecule has 0 radical (unpaired) electrons. The summed E-state index contributed by atoms with van der Waals surface area (Å²) in [5.74, 6) is 1.57. The Labute approximate surface area is 110 Å². The van der Waals surface area contributed by atoms with Crippen molar-refractivity contribution in [2.24, 2.45) is 5.92 Å². The predicted molar refractivity (Wildman–Crippen MR) is 75.3 cm³/mol. The lowest BCUT2D eigenvalue weighted by Crippen LogP contribution is -2.04. The van der Waals surface area contributed by atoms with Crippen LogP contribution in [0, 0.1) is 5.92 Å². The van der Waals surface area contributed by atoms with Gasteiger partial charge in [-0.05, 0) is 49.4 Å². The van der Waals surface area contributed by atoms with E-state index >= 15 is 0 Å². The number of Topliss-reactive ketones (excluding diaryl/α,β-unsaturated/α-hetero) is 1. The summed E-state index contributed by atoms with van der Waals surface area (Å²) in [5, 5.41) is 0. The summed E-state index contributed by atoms with van der Waals surface area (Å²) in [6, 6.07) is 5.60. The first kappa shape index (κ1) is 14.5. The van der Waals surface area contributed by atoms with Crippen LogP contribution < -0.4 is 4.74 Å². The lowest BCUT2D eigenvalue weighted by molar-refractivity contribution is 0.101. The van der Waals surface area contributed by atoms with Gasteiger partial charge in [0.1, 0.15) is 5.75 Å². The van der Waals surface area contributed by atoms with E-state index in [1.165, 1.54) is 0 Å². The van der Waals surface area contributed by atoms with Gasteiger partial charge in [0, 0.05) is 5.56 Å². The van der Waals surface area contributed by atoms with Crippen LogP contribution in [0.1, 0.15) is 43.1 Å². The maximum Gasteiger partial charge on any atom is 0.159 e. The van der Waals surface area contributed by atoms with E-state index in [-0.39, 0.29) is 5.78 Å². The second-order valence-electron chi connectivity index (χ2n) is 4.90.